The fourth-order valence-electron chi connectivity index (χ4n) is 3.45. The Morgan fingerprint density at radius 3 is 2.46 bits per heavy atom. The average molecular weight is 412 g/mol. The number of hydroxylamine groups is 2. The van der Waals surface area contributed by atoms with Crippen LogP contribution in [0.1, 0.15) is 30.6 Å². The molecule has 11 nitrogen and oxygen atoms in total. The number of nitrogens with one attached hydrogen (secondary N) is 2. The number of nitrogens with zero attached hydrogens (tertiary/aromatic N) is 2. The van der Waals surface area contributed by atoms with Crippen LogP contribution in [0.5, 0.6) is 0 Å². The Labute approximate surface area is 161 Å². The number of carbonyl (C=O) groups is 3. The van der Waals surface area contributed by atoms with Crippen LogP contribution in [0.2, 0.25) is 0 Å². The van der Waals surface area contributed by atoms with Gasteiger partial charge in [0.25, 0.3) is 11.8 Å². The number of hydrogen-bond acceptors (Lipinski definition) is 6. The van der Waals surface area contributed by atoms with Gasteiger partial charge in [-0.25, -0.2) is 4.79 Å². The average Bonchev–Trinajstić information content (AvgIpc) is 2.90. The van der Waals surface area contributed by atoms with Crippen molar-refractivity contribution in [2.45, 2.75) is 32.4 Å². The lowest BCUT2D eigenvalue weighted by Gasteiger charge is -2.40. The summed E-state index contributed by atoms with van der Waals surface area (Å²) in [5.74, 6) is -1.15. The first-order chi connectivity index (χ1) is 13.0. The molecule has 2 fully saturated rings. The van der Waals surface area contributed by atoms with E-state index >= 15 is 0 Å². The summed E-state index contributed by atoms with van der Waals surface area (Å²) in [6.07, 6.45) is 0.196. The van der Waals surface area contributed by atoms with Crippen molar-refractivity contribution in [2.75, 3.05) is 6.54 Å². The molecule has 3 N–H and O–H groups in total. The van der Waals surface area contributed by atoms with Crippen molar-refractivity contribution in [3.05, 3.63) is 35.9 Å². The number of rotatable bonds is 4. The first kappa shape index (κ1) is 20.0. The highest BCUT2D eigenvalue weighted by molar-refractivity contribution is 7.80. The Morgan fingerprint density at radius 2 is 1.86 bits per heavy atom. The van der Waals surface area contributed by atoms with Crippen molar-refractivity contribution in [2.24, 2.45) is 5.41 Å². The lowest BCUT2D eigenvalue weighted by Crippen LogP contribution is -2.57. The number of benzene rings is 1. The van der Waals surface area contributed by atoms with Gasteiger partial charge in [-0.15, -0.1) is 4.28 Å². The van der Waals surface area contributed by atoms with Crippen molar-refractivity contribution in [1.29, 1.82) is 0 Å². The number of urea groups is 1. The van der Waals surface area contributed by atoms with Gasteiger partial charge in [-0.3, -0.25) is 25.0 Å². The van der Waals surface area contributed by atoms with Crippen LogP contribution in [0.15, 0.2) is 30.3 Å². The molecule has 0 radical (unpaired) electrons. The molecule has 0 aliphatic carbocycles. The molecule has 3 rings (SSSR count). The van der Waals surface area contributed by atoms with E-state index in [-0.39, 0.29) is 13.0 Å². The Hall–Kier alpha value is -2.70. The molecule has 0 unspecified atom stereocenters. The topological polar surface area (TPSA) is 145 Å². The van der Waals surface area contributed by atoms with E-state index in [0.717, 1.165) is 4.90 Å². The molecule has 28 heavy (non-hydrogen) atoms. The van der Waals surface area contributed by atoms with Crippen molar-refractivity contribution < 1.29 is 31.6 Å². The third-order valence-corrected chi connectivity index (χ3v) is 5.25. The van der Waals surface area contributed by atoms with Gasteiger partial charge in [0, 0.05) is 12.1 Å². The lowest BCUT2D eigenvalue weighted by molar-refractivity contribution is -0.129. The van der Waals surface area contributed by atoms with Crippen molar-refractivity contribution >= 4 is 28.2 Å². The fourth-order valence-corrected chi connectivity index (χ4v) is 3.82. The predicted octanol–water partition coefficient (Wildman–Crippen LogP) is 0.0867. The maximum Gasteiger partial charge on any atom is 0.418 e. The second kappa shape index (κ2) is 7.04. The molecule has 2 aliphatic heterocycles. The van der Waals surface area contributed by atoms with E-state index in [9.17, 15) is 22.8 Å². The maximum atomic E-state index is 12.6. The van der Waals surface area contributed by atoms with Gasteiger partial charge < -0.3 is 4.90 Å². The third-order valence-electron chi connectivity index (χ3n) is 4.90. The van der Waals surface area contributed by atoms with Gasteiger partial charge in [0.2, 0.25) is 0 Å². The van der Waals surface area contributed by atoms with Gasteiger partial charge in [-0.1, -0.05) is 32.0 Å². The highest BCUT2D eigenvalue weighted by Crippen LogP contribution is 2.42. The van der Waals surface area contributed by atoms with E-state index in [1.165, 1.54) is 0 Å². The molecule has 4 amide bonds. The molecule has 2 aliphatic rings. The van der Waals surface area contributed by atoms with E-state index in [0.29, 0.717) is 10.6 Å². The highest BCUT2D eigenvalue weighted by atomic mass is 32.3. The zero-order valence-electron chi connectivity index (χ0n) is 15.2. The second-order valence-corrected chi connectivity index (χ2v) is 8.30. The zero-order valence-corrected chi connectivity index (χ0v) is 16.0. The molecule has 2 atom stereocenters. The van der Waals surface area contributed by atoms with Crippen LogP contribution in [0.3, 0.4) is 0 Å². The van der Waals surface area contributed by atoms with Gasteiger partial charge in [0.15, 0.2) is 0 Å². The van der Waals surface area contributed by atoms with Crippen molar-refractivity contribution in [3.63, 3.8) is 0 Å². The fraction of sp³-hybridized carbons (Fsp3) is 0.438. The van der Waals surface area contributed by atoms with Crippen LogP contribution in [0, 0.1) is 5.41 Å². The molecule has 0 aromatic heterocycles. The Morgan fingerprint density at radius 1 is 1.21 bits per heavy atom. The minimum atomic E-state index is -4.90. The van der Waals surface area contributed by atoms with Crippen LogP contribution < -0.4 is 10.9 Å². The molecule has 2 heterocycles. The molecule has 2 bridgehead atoms. The molecule has 0 saturated carbocycles. The summed E-state index contributed by atoms with van der Waals surface area (Å²) in [7, 11) is -4.90. The van der Waals surface area contributed by atoms with Gasteiger partial charge in [-0.05, 0) is 24.0 Å². The third kappa shape index (κ3) is 3.93. The molecule has 1 aromatic carbocycles. The Balaban J connectivity index is 1.72. The molecule has 2 saturated heterocycles. The van der Waals surface area contributed by atoms with E-state index in [1.54, 1.807) is 44.2 Å². The van der Waals surface area contributed by atoms with Crippen LogP contribution in [-0.4, -0.2) is 59.4 Å². The standard InChI is InChI=1S/C16H20N4O7S/c1-16(2)8-11(14(22)18-17-13(21)10-6-4-3-5-7-10)19-9-12(16)20(15(19)23)27-28(24,25)26/h3-7,11-12H,8-9H2,1-2H3,(H,17,21)(H,18,22)(H,24,25,26)/t11-,12-/m0/s1. The molecule has 12 heteroatoms. The minimum absolute atomic E-state index is 0.0338. The normalized spacial score (nSPS) is 23.5. The van der Waals surface area contributed by atoms with Crippen LogP contribution in [-0.2, 0) is 19.5 Å². The summed E-state index contributed by atoms with van der Waals surface area (Å²) in [6, 6.07) is 5.75. The first-order valence-electron chi connectivity index (χ1n) is 8.42. The summed E-state index contributed by atoms with van der Waals surface area (Å²) < 4.78 is 35.4. The molecule has 1 aromatic rings. The number of carbonyl (C=O) groups excluding carboxylic acids is 3. The van der Waals surface area contributed by atoms with Crippen LogP contribution in [0.4, 0.5) is 4.79 Å². The number of hydrogen-bond donors (Lipinski definition) is 3. The van der Waals surface area contributed by atoms with Gasteiger partial charge in [-0.2, -0.15) is 13.5 Å². The smallest absolute Gasteiger partial charge is 0.309 e. The number of fused-ring (bicyclic) bond motifs is 2. The van der Waals surface area contributed by atoms with Crippen molar-refractivity contribution in [3.8, 4) is 0 Å². The highest BCUT2D eigenvalue weighted by Gasteiger charge is 2.56. The maximum absolute atomic E-state index is 12.6. The SMILES string of the molecule is CC1(C)C[C@@H](C(=O)NNC(=O)c2ccccc2)N2C[C@@H]1N(OS(=O)(=O)O)C2=O. The predicted molar refractivity (Wildman–Crippen MR) is 94.6 cm³/mol. The van der Waals surface area contributed by atoms with Crippen molar-refractivity contribution in [1.82, 2.24) is 20.8 Å². The second-order valence-electron chi connectivity index (χ2n) is 7.30. The molecule has 152 valence electrons. The largest absolute Gasteiger partial charge is 0.418 e. The number of piperidine rings is 1. The van der Waals surface area contributed by atoms with Gasteiger partial charge >= 0.3 is 16.4 Å². The quantitative estimate of drug-likeness (QED) is 0.469. The molecule has 0 spiro atoms. The molecular formula is C16H20N4O7S. The number of amides is 4. The van der Waals surface area contributed by atoms with Gasteiger partial charge in [0.1, 0.15) is 6.04 Å². The minimum Gasteiger partial charge on any atom is -0.309 e. The van der Waals surface area contributed by atoms with Gasteiger partial charge in [0.05, 0.1) is 6.04 Å². The van der Waals surface area contributed by atoms with E-state index in [2.05, 4.69) is 15.1 Å². The Bertz CT molecular complexity index is 903. The van der Waals surface area contributed by atoms with Crippen LogP contribution >= 0.6 is 0 Å². The summed E-state index contributed by atoms with van der Waals surface area (Å²) in [5, 5.41) is 0.575. The molecular weight excluding hydrogens is 392 g/mol. The summed E-state index contributed by atoms with van der Waals surface area (Å²) >= 11 is 0. The Kier molecular flexibility index (Phi) is 5.04. The zero-order chi connectivity index (χ0) is 20.7. The van der Waals surface area contributed by atoms with E-state index in [4.69, 9.17) is 4.55 Å². The van der Waals surface area contributed by atoms with Crippen LogP contribution in [0.25, 0.3) is 0 Å². The lowest BCUT2D eigenvalue weighted by atomic mass is 9.76. The first-order valence-corrected chi connectivity index (χ1v) is 9.78. The summed E-state index contributed by atoms with van der Waals surface area (Å²) in [5.41, 5.74) is 4.23. The number of hydrazine groups is 1. The summed E-state index contributed by atoms with van der Waals surface area (Å²) in [6.45, 7) is 3.53. The van der Waals surface area contributed by atoms with E-state index in [1.807, 2.05) is 0 Å². The van der Waals surface area contributed by atoms with E-state index < -0.39 is 45.7 Å². The summed E-state index contributed by atoms with van der Waals surface area (Å²) in [4.78, 5) is 38.3. The monoisotopic (exact) mass is 412 g/mol.